The molecule has 1 amide bonds. The van der Waals surface area contributed by atoms with Crippen LogP contribution in [-0.4, -0.2) is 20.4 Å². The molecule has 0 fully saturated rings. The molecule has 0 unspecified atom stereocenters. The van der Waals surface area contributed by atoms with Gasteiger partial charge in [-0.05, 0) is 47.9 Å². The number of hydrogen-bond donors (Lipinski definition) is 1. The summed E-state index contributed by atoms with van der Waals surface area (Å²) in [5, 5.41) is 0.795. The van der Waals surface area contributed by atoms with Gasteiger partial charge in [-0.15, -0.1) is 0 Å². The van der Waals surface area contributed by atoms with Crippen LogP contribution in [0.3, 0.4) is 0 Å². The van der Waals surface area contributed by atoms with Crippen LogP contribution >= 0.6 is 11.6 Å². The fourth-order valence-corrected chi connectivity index (χ4v) is 2.56. The highest BCUT2D eigenvalue weighted by Crippen LogP contribution is 2.19. The van der Waals surface area contributed by atoms with E-state index in [0.29, 0.717) is 11.3 Å². The highest BCUT2D eigenvalue weighted by molar-refractivity contribution is 6.28. The monoisotopic (exact) mass is 340 g/mol. The van der Waals surface area contributed by atoms with E-state index >= 15 is 0 Å². The predicted molar refractivity (Wildman–Crippen MR) is 93.1 cm³/mol. The Morgan fingerprint density at radius 2 is 2.12 bits per heavy atom. The van der Waals surface area contributed by atoms with Crippen molar-refractivity contribution in [3.05, 3.63) is 69.4 Å². The van der Waals surface area contributed by atoms with Crippen molar-refractivity contribution < 1.29 is 4.79 Å². The number of benzene rings is 1. The molecule has 0 bridgehead atoms. The summed E-state index contributed by atoms with van der Waals surface area (Å²) in [6.45, 7) is 1.82. The van der Waals surface area contributed by atoms with Gasteiger partial charge in [-0.1, -0.05) is 12.1 Å². The molecule has 2 heterocycles. The van der Waals surface area contributed by atoms with Gasteiger partial charge in [0.1, 0.15) is 0 Å². The first-order valence-electron chi connectivity index (χ1n) is 7.08. The van der Waals surface area contributed by atoms with Crippen LogP contribution in [-0.2, 0) is 4.79 Å². The lowest BCUT2D eigenvalue weighted by Gasteiger charge is -2.11. The zero-order valence-electron chi connectivity index (χ0n) is 12.7. The smallest absolute Gasteiger partial charge is 0.257 e. The number of carbonyl (C=O) groups is 1. The lowest BCUT2D eigenvalue weighted by Crippen LogP contribution is -2.19. The molecule has 2 aromatic heterocycles. The Hall–Kier alpha value is -2.99. The first kappa shape index (κ1) is 15.9. The van der Waals surface area contributed by atoms with Crippen molar-refractivity contribution in [3.8, 4) is 5.69 Å². The molecule has 7 heteroatoms. The highest BCUT2D eigenvalue weighted by Gasteiger charge is 2.11. The van der Waals surface area contributed by atoms with E-state index in [1.807, 2.05) is 6.92 Å². The van der Waals surface area contributed by atoms with Crippen LogP contribution in [0.2, 0.25) is 5.28 Å². The minimum absolute atomic E-state index is 0.0611. The Bertz CT molecular complexity index is 1040. The number of aryl methyl sites for hydroxylation is 1. The van der Waals surface area contributed by atoms with Crippen LogP contribution < -0.4 is 11.3 Å². The molecule has 0 saturated heterocycles. The Morgan fingerprint density at radius 3 is 2.88 bits per heavy atom. The SMILES string of the molecule is Cc1cc(=O)n(-c2cccc(C=CC(N)=O)c2)c2nc(Cl)ncc12. The molecular weight excluding hydrogens is 328 g/mol. The van der Waals surface area contributed by atoms with Crippen LogP contribution in [0.1, 0.15) is 11.1 Å². The number of nitrogens with zero attached hydrogens (tertiary/aromatic N) is 3. The summed E-state index contributed by atoms with van der Waals surface area (Å²) in [5.74, 6) is -0.544. The van der Waals surface area contributed by atoms with E-state index in [-0.39, 0.29) is 10.8 Å². The van der Waals surface area contributed by atoms with E-state index in [1.165, 1.54) is 16.7 Å². The molecule has 0 aliphatic carbocycles. The van der Waals surface area contributed by atoms with Crippen molar-refractivity contribution in [1.29, 1.82) is 0 Å². The number of primary amides is 1. The molecule has 6 nitrogen and oxygen atoms in total. The van der Waals surface area contributed by atoms with Gasteiger partial charge in [0.25, 0.3) is 5.56 Å². The predicted octanol–water partition coefficient (Wildman–Crippen LogP) is 2.24. The molecule has 24 heavy (non-hydrogen) atoms. The van der Waals surface area contributed by atoms with Crippen molar-refractivity contribution in [2.24, 2.45) is 5.73 Å². The molecule has 1 aromatic carbocycles. The van der Waals surface area contributed by atoms with Crippen LogP contribution in [0.15, 0.2) is 47.4 Å². The summed E-state index contributed by atoms with van der Waals surface area (Å²) in [5.41, 5.74) is 7.41. The van der Waals surface area contributed by atoms with Crippen LogP contribution in [0.5, 0.6) is 0 Å². The van der Waals surface area contributed by atoms with Crippen molar-refractivity contribution in [2.75, 3.05) is 0 Å². The molecule has 0 saturated carbocycles. The Kier molecular flexibility index (Phi) is 4.14. The number of fused-ring (bicyclic) bond motifs is 1. The van der Waals surface area contributed by atoms with E-state index in [1.54, 1.807) is 36.5 Å². The third kappa shape index (κ3) is 3.04. The molecule has 0 aliphatic rings. The van der Waals surface area contributed by atoms with Gasteiger partial charge >= 0.3 is 0 Å². The average Bonchev–Trinajstić information content (AvgIpc) is 2.53. The molecular formula is C17H13ClN4O2. The number of pyridine rings is 1. The molecule has 0 atom stereocenters. The zero-order valence-corrected chi connectivity index (χ0v) is 13.5. The van der Waals surface area contributed by atoms with Gasteiger partial charge in [0.05, 0.1) is 5.69 Å². The van der Waals surface area contributed by atoms with Crippen LogP contribution in [0, 0.1) is 6.92 Å². The molecule has 2 N–H and O–H groups in total. The molecule has 0 radical (unpaired) electrons. The quantitative estimate of drug-likeness (QED) is 0.584. The number of nitrogens with two attached hydrogens (primary N) is 1. The minimum Gasteiger partial charge on any atom is -0.366 e. The third-order valence-corrected chi connectivity index (χ3v) is 3.69. The largest absolute Gasteiger partial charge is 0.366 e. The van der Waals surface area contributed by atoms with Gasteiger partial charge in [0.2, 0.25) is 11.2 Å². The minimum atomic E-state index is -0.544. The standard InChI is InChI=1S/C17H13ClN4O2/c1-10-7-15(24)22(16-13(10)9-20-17(18)21-16)12-4-2-3-11(8-12)5-6-14(19)23/h2-9H,1H3,(H2,19,23). The van der Waals surface area contributed by atoms with Gasteiger partial charge in [-0.25, -0.2) is 4.98 Å². The molecule has 0 aliphatic heterocycles. The first-order chi connectivity index (χ1) is 11.5. The van der Waals surface area contributed by atoms with Crippen molar-refractivity contribution in [3.63, 3.8) is 0 Å². The Morgan fingerprint density at radius 1 is 1.33 bits per heavy atom. The summed E-state index contributed by atoms with van der Waals surface area (Å²) < 4.78 is 1.46. The van der Waals surface area contributed by atoms with Gasteiger partial charge in [-0.3, -0.25) is 14.2 Å². The van der Waals surface area contributed by atoms with Crippen LogP contribution in [0.25, 0.3) is 22.8 Å². The second-order valence-corrected chi connectivity index (χ2v) is 5.55. The van der Waals surface area contributed by atoms with Gasteiger partial charge < -0.3 is 5.73 Å². The summed E-state index contributed by atoms with van der Waals surface area (Å²) in [6.07, 6.45) is 4.43. The van der Waals surface area contributed by atoms with E-state index in [9.17, 15) is 9.59 Å². The number of hydrogen-bond acceptors (Lipinski definition) is 4. The lowest BCUT2D eigenvalue weighted by atomic mass is 10.1. The maximum absolute atomic E-state index is 12.5. The summed E-state index contributed by atoms with van der Waals surface area (Å²) in [7, 11) is 0. The maximum Gasteiger partial charge on any atom is 0.257 e. The number of amides is 1. The molecule has 0 spiro atoms. The van der Waals surface area contributed by atoms with Gasteiger partial charge in [0, 0.05) is 23.7 Å². The summed E-state index contributed by atoms with van der Waals surface area (Å²) >= 11 is 5.90. The Balaban J connectivity index is 2.27. The van der Waals surface area contributed by atoms with E-state index in [2.05, 4.69) is 9.97 Å². The van der Waals surface area contributed by atoms with Crippen molar-refractivity contribution >= 4 is 34.6 Å². The first-order valence-corrected chi connectivity index (χ1v) is 7.46. The number of aromatic nitrogens is 3. The average molecular weight is 341 g/mol. The second-order valence-electron chi connectivity index (χ2n) is 5.21. The maximum atomic E-state index is 12.5. The summed E-state index contributed by atoms with van der Waals surface area (Å²) in [6, 6.07) is 8.62. The van der Waals surface area contributed by atoms with Crippen molar-refractivity contribution in [2.45, 2.75) is 6.92 Å². The molecule has 3 aromatic rings. The fraction of sp³-hybridized carbons (Fsp3) is 0.0588. The van der Waals surface area contributed by atoms with E-state index in [0.717, 1.165) is 16.5 Å². The van der Waals surface area contributed by atoms with Gasteiger partial charge in [0.15, 0.2) is 5.65 Å². The number of rotatable bonds is 3. The number of carbonyl (C=O) groups excluding carboxylic acids is 1. The lowest BCUT2D eigenvalue weighted by molar-refractivity contribution is -0.113. The van der Waals surface area contributed by atoms with Crippen molar-refractivity contribution in [1.82, 2.24) is 14.5 Å². The molecule has 3 rings (SSSR count). The van der Waals surface area contributed by atoms with E-state index in [4.69, 9.17) is 17.3 Å². The topological polar surface area (TPSA) is 90.9 Å². The second kappa shape index (κ2) is 6.25. The zero-order chi connectivity index (χ0) is 17.3. The third-order valence-electron chi connectivity index (χ3n) is 3.50. The highest BCUT2D eigenvalue weighted by atomic mass is 35.5. The normalized spacial score (nSPS) is 11.2. The summed E-state index contributed by atoms with van der Waals surface area (Å²) in [4.78, 5) is 31.6. The van der Waals surface area contributed by atoms with Crippen LogP contribution in [0.4, 0.5) is 0 Å². The number of halogens is 1. The fourth-order valence-electron chi connectivity index (χ4n) is 2.43. The van der Waals surface area contributed by atoms with Gasteiger partial charge in [-0.2, -0.15) is 4.98 Å². The Labute approximate surface area is 142 Å². The molecule has 120 valence electrons. The van der Waals surface area contributed by atoms with E-state index < -0.39 is 5.91 Å².